The number of hydrogen-bond acceptors (Lipinski definition) is 2. The van der Waals surface area contributed by atoms with Crippen molar-refractivity contribution >= 4 is 17.6 Å². The second-order valence-electron chi connectivity index (χ2n) is 6.04. The third-order valence-electron chi connectivity index (χ3n) is 3.88. The van der Waals surface area contributed by atoms with Crippen molar-refractivity contribution < 1.29 is 4.74 Å². The lowest BCUT2D eigenvalue weighted by molar-refractivity contribution is 0.185. The van der Waals surface area contributed by atoms with Crippen molar-refractivity contribution in [1.29, 1.82) is 0 Å². The van der Waals surface area contributed by atoms with Gasteiger partial charge in [0, 0.05) is 39.6 Å². The Bertz CT molecular complexity index is 711. The molecule has 0 aliphatic carbocycles. The smallest absolute Gasteiger partial charge is 0.194 e. The predicted molar refractivity (Wildman–Crippen MR) is 104 cm³/mol. The van der Waals surface area contributed by atoms with Crippen LogP contribution in [0.4, 0.5) is 0 Å². The number of rotatable bonds is 7. The lowest BCUT2D eigenvalue weighted by Crippen LogP contribution is -2.38. The molecule has 2 rings (SSSR count). The van der Waals surface area contributed by atoms with E-state index in [0.29, 0.717) is 13.2 Å². The van der Waals surface area contributed by atoms with Gasteiger partial charge in [0.15, 0.2) is 5.96 Å². The molecule has 25 heavy (non-hydrogen) atoms. The average molecular weight is 363 g/mol. The van der Waals surface area contributed by atoms with Crippen molar-refractivity contribution in [3.05, 3.63) is 58.4 Å². The van der Waals surface area contributed by atoms with E-state index in [1.165, 1.54) is 5.56 Å². The molecule has 5 nitrogen and oxygen atoms in total. The first-order valence-corrected chi connectivity index (χ1v) is 8.78. The molecule has 0 aliphatic rings. The molecule has 0 amide bonds. The molecule has 1 aromatic heterocycles. The number of aliphatic imine (C=N–C) groups is 1. The topological polar surface area (TPSA) is 41.8 Å². The molecule has 0 spiro atoms. The molecule has 0 fully saturated rings. The van der Waals surface area contributed by atoms with Crippen LogP contribution in [-0.2, 0) is 31.5 Å². The van der Waals surface area contributed by atoms with E-state index in [1.807, 2.05) is 37.0 Å². The van der Waals surface area contributed by atoms with Crippen LogP contribution in [0.1, 0.15) is 23.7 Å². The van der Waals surface area contributed by atoms with Gasteiger partial charge >= 0.3 is 0 Å². The van der Waals surface area contributed by atoms with E-state index in [9.17, 15) is 0 Å². The average Bonchev–Trinajstić information content (AvgIpc) is 2.89. The van der Waals surface area contributed by atoms with E-state index in [-0.39, 0.29) is 0 Å². The molecule has 1 N–H and O–H groups in total. The summed E-state index contributed by atoms with van der Waals surface area (Å²) in [7, 11) is 5.74. The summed E-state index contributed by atoms with van der Waals surface area (Å²) in [5.74, 6) is 0.872. The third-order valence-corrected chi connectivity index (χ3v) is 4.09. The molecule has 2 aromatic rings. The fourth-order valence-corrected chi connectivity index (χ4v) is 2.93. The first-order valence-electron chi connectivity index (χ1n) is 8.40. The molecule has 0 atom stereocenters. The molecule has 1 heterocycles. The molecule has 0 aliphatic heterocycles. The summed E-state index contributed by atoms with van der Waals surface area (Å²) in [6, 6.07) is 10.3. The number of benzene rings is 1. The van der Waals surface area contributed by atoms with Crippen molar-refractivity contribution in [3.63, 3.8) is 0 Å². The standard InChI is InChI=1S/C19H27ClN4O/c1-5-21-19(24(3)13-18-10-17(20)12-23(18)2)22-11-15-7-6-8-16(9-15)14-25-4/h6-10,12H,5,11,13-14H2,1-4H3,(H,21,22). The number of hydrogen-bond donors (Lipinski definition) is 1. The van der Waals surface area contributed by atoms with Gasteiger partial charge in [-0.15, -0.1) is 0 Å². The molecule has 0 saturated heterocycles. The van der Waals surface area contributed by atoms with Crippen LogP contribution in [0.3, 0.4) is 0 Å². The molecular weight excluding hydrogens is 336 g/mol. The number of guanidine groups is 1. The van der Waals surface area contributed by atoms with E-state index >= 15 is 0 Å². The van der Waals surface area contributed by atoms with Gasteiger partial charge < -0.3 is 19.5 Å². The number of ether oxygens (including phenoxy) is 1. The number of methoxy groups -OCH3 is 1. The highest BCUT2D eigenvalue weighted by atomic mass is 35.5. The lowest BCUT2D eigenvalue weighted by atomic mass is 10.1. The van der Waals surface area contributed by atoms with Gasteiger partial charge in [-0.05, 0) is 24.1 Å². The SMILES string of the molecule is CCNC(=NCc1cccc(COC)c1)N(C)Cc1cc(Cl)cn1C. The highest BCUT2D eigenvalue weighted by Gasteiger charge is 2.09. The van der Waals surface area contributed by atoms with Gasteiger partial charge in [-0.2, -0.15) is 0 Å². The van der Waals surface area contributed by atoms with Crippen molar-refractivity contribution in [3.8, 4) is 0 Å². The van der Waals surface area contributed by atoms with Crippen LogP contribution in [0.5, 0.6) is 0 Å². The van der Waals surface area contributed by atoms with Crippen molar-refractivity contribution in [2.75, 3.05) is 20.7 Å². The third kappa shape index (κ3) is 5.80. The minimum absolute atomic E-state index is 0.617. The first-order chi connectivity index (χ1) is 12.0. The molecule has 1 aromatic carbocycles. The largest absolute Gasteiger partial charge is 0.380 e. The van der Waals surface area contributed by atoms with E-state index in [0.717, 1.165) is 35.3 Å². The summed E-state index contributed by atoms with van der Waals surface area (Å²) in [4.78, 5) is 6.87. The number of aryl methyl sites for hydroxylation is 1. The van der Waals surface area contributed by atoms with E-state index in [2.05, 4.69) is 35.3 Å². The molecule has 0 bridgehead atoms. The Morgan fingerprint density at radius 3 is 2.72 bits per heavy atom. The fourth-order valence-electron chi connectivity index (χ4n) is 2.66. The number of nitrogens with zero attached hydrogens (tertiary/aromatic N) is 3. The van der Waals surface area contributed by atoms with Crippen LogP contribution in [0, 0.1) is 0 Å². The maximum absolute atomic E-state index is 6.08. The molecular formula is C19H27ClN4O. The molecule has 6 heteroatoms. The summed E-state index contributed by atoms with van der Waals surface area (Å²) in [5.41, 5.74) is 3.47. The zero-order valence-corrected chi connectivity index (χ0v) is 16.2. The second kappa shape index (κ2) is 9.49. The fraction of sp³-hybridized carbons (Fsp3) is 0.421. The van der Waals surface area contributed by atoms with Crippen LogP contribution in [0.15, 0.2) is 41.5 Å². The van der Waals surface area contributed by atoms with Gasteiger partial charge in [-0.25, -0.2) is 4.99 Å². The minimum Gasteiger partial charge on any atom is -0.380 e. The maximum atomic E-state index is 6.08. The highest BCUT2D eigenvalue weighted by Crippen LogP contribution is 2.14. The van der Waals surface area contributed by atoms with E-state index in [4.69, 9.17) is 21.3 Å². The maximum Gasteiger partial charge on any atom is 0.194 e. The summed E-state index contributed by atoms with van der Waals surface area (Å²) < 4.78 is 7.23. The van der Waals surface area contributed by atoms with Crippen LogP contribution in [-0.4, -0.2) is 36.1 Å². The Morgan fingerprint density at radius 1 is 1.32 bits per heavy atom. The van der Waals surface area contributed by atoms with Gasteiger partial charge in [-0.1, -0.05) is 35.9 Å². The lowest BCUT2D eigenvalue weighted by Gasteiger charge is -2.22. The Kier molecular flexibility index (Phi) is 7.34. The Morgan fingerprint density at radius 2 is 2.08 bits per heavy atom. The number of aromatic nitrogens is 1. The normalized spacial score (nSPS) is 11.6. The Hall–Kier alpha value is -1.98. The summed E-state index contributed by atoms with van der Waals surface area (Å²) in [6.45, 7) is 4.87. The summed E-state index contributed by atoms with van der Waals surface area (Å²) in [6.07, 6.45) is 1.91. The molecule has 136 valence electrons. The van der Waals surface area contributed by atoms with Crippen molar-refractivity contribution in [2.24, 2.45) is 12.0 Å². The number of nitrogens with one attached hydrogen (secondary N) is 1. The van der Waals surface area contributed by atoms with E-state index in [1.54, 1.807) is 7.11 Å². The molecule has 0 unspecified atom stereocenters. The van der Waals surface area contributed by atoms with Gasteiger partial charge in [0.25, 0.3) is 0 Å². The molecule has 0 radical (unpaired) electrons. The number of halogens is 1. The summed E-state index contributed by atoms with van der Waals surface area (Å²) in [5, 5.41) is 4.10. The van der Waals surface area contributed by atoms with Crippen LogP contribution in [0.2, 0.25) is 5.02 Å². The zero-order valence-electron chi connectivity index (χ0n) is 15.4. The summed E-state index contributed by atoms with van der Waals surface area (Å²) >= 11 is 6.08. The minimum atomic E-state index is 0.617. The van der Waals surface area contributed by atoms with Crippen LogP contribution < -0.4 is 5.32 Å². The Labute approximate surface area is 155 Å². The van der Waals surface area contributed by atoms with Gasteiger partial charge in [0.1, 0.15) is 0 Å². The van der Waals surface area contributed by atoms with Gasteiger partial charge in [-0.3, -0.25) is 0 Å². The van der Waals surface area contributed by atoms with Crippen LogP contribution >= 0.6 is 11.6 Å². The quantitative estimate of drug-likeness (QED) is 0.606. The van der Waals surface area contributed by atoms with Gasteiger partial charge in [0.2, 0.25) is 0 Å². The van der Waals surface area contributed by atoms with E-state index < -0.39 is 0 Å². The Balaban J connectivity index is 2.09. The van der Waals surface area contributed by atoms with Crippen molar-refractivity contribution in [2.45, 2.75) is 26.6 Å². The van der Waals surface area contributed by atoms with Crippen molar-refractivity contribution in [1.82, 2.24) is 14.8 Å². The second-order valence-corrected chi connectivity index (χ2v) is 6.48. The monoisotopic (exact) mass is 362 g/mol. The predicted octanol–water partition coefficient (Wildman–Crippen LogP) is 3.42. The first kappa shape index (κ1) is 19.3. The van der Waals surface area contributed by atoms with Crippen LogP contribution in [0.25, 0.3) is 0 Å². The zero-order chi connectivity index (χ0) is 18.2. The molecule has 0 saturated carbocycles. The van der Waals surface area contributed by atoms with Gasteiger partial charge in [0.05, 0.1) is 24.7 Å². The highest BCUT2D eigenvalue weighted by molar-refractivity contribution is 6.30.